The summed E-state index contributed by atoms with van der Waals surface area (Å²) in [5.74, 6) is -0.844. The molecule has 0 aliphatic rings. The molecule has 0 atom stereocenters. The number of hydrogen-bond acceptors (Lipinski definition) is 6. The van der Waals surface area contributed by atoms with Crippen molar-refractivity contribution < 1.29 is 14.3 Å². The number of anilines is 1. The van der Waals surface area contributed by atoms with Gasteiger partial charge >= 0.3 is 5.97 Å². The number of aromatic nitrogens is 2. The lowest BCUT2D eigenvalue weighted by Crippen LogP contribution is -2.15. The summed E-state index contributed by atoms with van der Waals surface area (Å²) in [6, 6.07) is 14.2. The van der Waals surface area contributed by atoms with Crippen molar-refractivity contribution in [3.05, 3.63) is 97.9 Å². The van der Waals surface area contributed by atoms with Gasteiger partial charge in [0.25, 0.3) is 11.5 Å². The minimum atomic E-state index is -0.556. The number of carbonyl (C=O) groups excluding carboxylic acids is 2. The molecule has 9 heteroatoms. The van der Waals surface area contributed by atoms with E-state index in [1.807, 2.05) is 6.92 Å². The molecule has 2 heterocycles. The number of aryl methyl sites for hydroxylation is 1. The molecular formula is C22H16ClN3O4S. The lowest BCUT2D eigenvalue weighted by atomic mass is 10.2. The van der Waals surface area contributed by atoms with E-state index in [0.29, 0.717) is 32.5 Å². The van der Waals surface area contributed by atoms with Gasteiger partial charge in [-0.3, -0.25) is 14.0 Å². The second-order valence-electron chi connectivity index (χ2n) is 6.69. The molecule has 0 saturated heterocycles. The number of nitrogens with one attached hydrogen (secondary N) is 1. The second-order valence-corrected chi connectivity index (χ2v) is 8.34. The summed E-state index contributed by atoms with van der Waals surface area (Å²) in [7, 11) is 0. The molecule has 1 N–H and O–H groups in total. The number of hydrogen-bond donors (Lipinski definition) is 1. The Morgan fingerprint density at radius 1 is 1.10 bits per heavy atom. The van der Waals surface area contributed by atoms with Crippen LogP contribution in [0.4, 0.5) is 5.69 Å². The maximum Gasteiger partial charge on any atom is 0.338 e. The number of esters is 1. The molecule has 0 unspecified atom stereocenters. The van der Waals surface area contributed by atoms with Gasteiger partial charge in [0, 0.05) is 33.4 Å². The third-order valence-corrected chi connectivity index (χ3v) is 5.52. The van der Waals surface area contributed by atoms with Crippen molar-refractivity contribution in [3.63, 3.8) is 0 Å². The Bertz CT molecular complexity index is 1330. The Balaban J connectivity index is 1.38. The van der Waals surface area contributed by atoms with Gasteiger partial charge in [0.05, 0.1) is 11.3 Å². The molecule has 31 heavy (non-hydrogen) atoms. The molecule has 0 radical (unpaired) electrons. The smallest absolute Gasteiger partial charge is 0.338 e. The Kier molecular flexibility index (Phi) is 5.83. The molecule has 1 amide bonds. The summed E-state index contributed by atoms with van der Waals surface area (Å²) in [6.45, 7) is 1.77. The Hall–Kier alpha value is -3.49. The third kappa shape index (κ3) is 4.82. The first-order valence-electron chi connectivity index (χ1n) is 9.22. The van der Waals surface area contributed by atoms with Crippen LogP contribution in [0.25, 0.3) is 4.96 Å². The van der Waals surface area contributed by atoms with Gasteiger partial charge in [-0.15, -0.1) is 11.3 Å². The zero-order valence-electron chi connectivity index (χ0n) is 16.3. The van der Waals surface area contributed by atoms with E-state index in [1.165, 1.54) is 21.8 Å². The van der Waals surface area contributed by atoms with Crippen LogP contribution in [0.5, 0.6) is 0 Å². The van der Waals surface area contributed by atoms with Crippen LogP contribution in [0, 0.1) is 6.92 Å². The average molecular weight is 454 g/mol. The lowest BCUT2D eigenvalue weighted by Gasteiger charge is -2.07. The van der Waals surface area contributed by atoms with Gasteiger partial charge in [-0.25, -0.2) is 9.78 Å². The standard InChI is InChI=1S/C22H16ClN3O4S/c1-13-11-26-19(27)10-18(25-22(26)31-13)12-30-21(29)15-4-8-17(9-5-15)24-20(28)14-2-6-16(23)7-3-14/h2-11H,12H2,1H3,(H,24,28). The first-order chi connectivity index (χ1) is 14.9. The number of fused-ring (bicyclic) bond motifs is 1. The number of benzene rings is 2. The van der Waals surface area contributed by atoms with Crippen LogP contribution in [0.3, 0.4) is 0 Å². The Morgan fingerprint density at radius 2 is 1.77 bits per heavy atom. The number of carbonyl (C=O) groups is 2. The van der Waals surface area contributed by atoms with Gasteiger partial charge in [-0.2, -0.15) is 0 Å². The van der Waals surface area contributed by atoms with Gasteiger partial charge in [-0.05, 0) is 55.5 Å². The molecule has 7 nitrogen and oxygen atoms in total. The van der Waals surface area contributed by atoms with Crippen LogP contribution in [0.2, 0.25) is 5.02 Å². The van der Waals surface area contributed by atoms with Gasteiger partial charge in [0.2, 0.25) is 0 Å². The van der Waals surface area contributed by atoms with Crippen LogP contribution in [0.15, 0.2) is 65.6 Å². The predicted octanol–water partition coefficient (Wildman–Crippen LogP) is 4.33. The van der Waals surface area contributed by atoms with Crippen LogP contribution in [-0.4, -0.2) is 21.3 Å². The molecule has 0 saturated carbocycles. The minimum absolute atomic E-state index is 0.115. The van der Waals surface area contributed by atoms with Crippen molar-refractivity contribution in [2.45, 2.75) is 13.5 Å². The summed E-state index contributed by atoms with van der Waals surface area (Å²) in [5, 5.41) is 3.29. The van der Waals surface area contributed by atoms with Gasteiger partial charge in [0.1, 0.15) is 6.61 Å². The first-order valence-corrected chi connectivity index (χ1v) is 10.4. The molecular weight excluding hydrogens is 438 g/mol. The molecule has 0 aliphatic carbocycles. The van der Waals surface area contributed by atoms with E-state index in [-0.39, 0.29) is 18.1 Å². The summed E-state index contributed by atoms with van der Waals surface area (Å²) in [5.41, 5.74) is 1.47. The van der Waals surface area contributed by atoms with Crippen LogP contribution < -0.4 is 10.9 Å². The lowest BCUT2D eigenvalue weighted by molar-refractivity contribution is 0.0467. The highest BCUT2D eigenvalue weighted by Crippen LogP contribution is 2.16. The van der Waals surface area contributed by atoms with Crippen molar-refractivity contribution in [3.8, 4) is 0 Å². The molecule has 0 bridgehead atoms. The van der Waals surface area contributed by atoms with Crippen LogP contribution in [-0.2, 0) is 11.3 Å². The molecule has 0 spiro atoms. The fraction of sp³-hybridized carbons (Fsp3) is 0.0909. The fourth-order valence-electron chi connectivity index (χ4n) is 2.85. The van der Waals surface area contributed by atoms with E-state index in [0.717, 1.165) is 4.88 Å². The highest BCUT2D eigenvalue weighted by Gasteiger charge is 2.11. The highest BCUT2D eigenvalue weighted by molar-refractivity contribution is 7.16. The maximum absolute atomic E-state index is 12.3. The number of nitrogens with zero attached hydrogens (tertiary/aromatic N) is 2. The zero-order chi connectivity index (χ0) is 22.0. The van der Waals surface area contributed by atoms with Crippen molar-refractivity contribution >= 4 is 45.5 Å². The summed E-state index contributed by atoms with van der Waals surface area (Å²) < 4.78 is 6.74. The summed E-state index contributed by atoms with van der Waals surface area (Å²) >= 11 is 7.21. The van der Waals surface area contributed by atoms with Gasteiger partial charge in [-0.1, -0.05) is 11.6 Å². The van der Waals surface area contributed by atoms with E-state index < -0.39 is 5.97 Å². The second kappa shape index (κ2) is 8.71. The minimum Gasteiger partial charge on any atom is -0.456 e. The van der Waals surface area contributed by atoms with Crippen molar-refractivity contribution in [2.75, 3.05) is 5.32 Å². The van der Waals surface area contributed by atoms with Crippen molar-refractivity contribution in [2.24, 2.45) is 0 Å². The van der Waals surface area contributed by atoms with Gasteiger partial charge < -0.3 is 10.1 Å². The maximum atomic E-state index is 12.3. The van der Waals surface area contributed by atoms with E-state index in [2.05, 4.69) is 10.3 Å². The quantitative estimate of drug-likeness (QED) is 0.454. The molecule has 4 rings (SSSR count). The molecule has 0 aliphatic heterocycles. The number of rotatable bonds is 5. The molecule has 0 fully saturated rings. The first kappa shape index (κ1) is 20.8. The summed E-state index contributed by atoms with van der Waals surface area (Å²) in [4.78, 5) is 42.6. The average Bonchev–Trinajstić information content (AvgIpc) is 3.14. The monoisotopic (exact) mass is 453 g/mol. The zero-order valence-corrected chi connectivity index (χ0v) is 17.9. The SMILES string of the molecule is Cc1cn2c(=O)cc(COC(=O)c3ccc(NC(=O)c4ccc(Cl)cc4)cc3)nc2s1. The van der Waals surface area contributed by atoms with Crippen LogP contribution in [0.1, 0.15) is 31.3 Å². The van der Waals surface area contributed by atoms with Crippen molar-refractivity contribution in [1.29, 1.82) is 0 Å². The normalized spacial score (nSPS) is 10.8. The topological polar surface area (TPSA) is 89.8 Å². The van der Waals surface area contributed by atoms with Crippen LogP contribution >= 0.6 is 22.9 Å². The predicted molar refractivity (Wildman–Crippen MR) is 119 cm³/mol. The molecule has 2 aromatic heterocycles. The van der Waals surface area contributed by atoms with E-state index >= 15 is 0 Å². The largest absolute Gasteiger partial charge is 0.456 e. The van der Waals surface area contributed by atoms with E-state index in [1.54, 1.807) is 54.7 Å². The number of amides is 1. The number of ether oxygens (including phenoxy) is 1. The Morgan fingerprint density at radius 3 is 2.48 bits per heavy atom. The van der Waals surface area contributed by atoms with E-state index in [9.17, 15) is 14.4 Å². The van der Waals surface area contributed by atoms with Gasteiger partial charge in [0.15, 0.2) is 4.96 Å². The summed E-state index contributed by atoms with van der Waals surface area (Å²) in [6.07, 6.45) is 1.72. The van der Waals surface area contributed by atoms with E-state index in [4.69, 9.17) is 16.3 Å². The molecule has 156 valence electrons. The Labute approximate surface area is 185 Å². The van der Waals surface area contributed by atoms with Crippen molar-refractivity contribution in [1.82, 2.24) is 9.38 Å². The number of halogens is 1. The fourth-order valence-corrected chi connectivity index (χ4v) is 3.83. The highest BCUT2D eigenvalue weighted by atomic mass is 35.5. The molecule has 4 aromatic rings. The number of thiazole rings is 1. The molecule has 2 aromatic carbocycles. The third-order valence-electron chi connectivity index (χ3n) is 4.37.